The van der Waals surface area contributed by atoms with Crippen LogP contribution in [0, 0.1) is 5.92 Å². The number of amides is 1. The molecule has 0 saturated carbocycles. The van der Waals surface area contributed by atoms with E-state index in [2.05, 4.69) is 22.8 Å². The van der Waals surface area contributed by atoms with Crippen molar-refractivity contribution >= 4 is 17.7 Å². The normalized spacial score (nSPS) is 19.2. The molecule has 2 aliphatic heterocycles. The van der Waals surface area contributed by atoms with Gasteiger partial charge in [0.15, 0.2) is 0 Å². The third kappa shape index (κ3) is 6.70. The molecule has 160 valence electrons. The smallest absolute Gasteiger partial charge is 0.326 e. The van der Waals surface area contributed by atoms with Crippen molar-refractivity contribution < 1.29 is 19.4 Å². The van der Waals surface area contributed by atoms with Crippen LogP contribution in [0.2, 0.25) is 0 Å². The van der Waals surface area contributed by atoms with Crippen LogP contribution in [0.15, 0.2) is 12.1 Å². The fourth-order valence-corrected chi connectivity index (χ4v) is 3.98. The topological polar surface area (TPSA) is 101 Å². The van der Waals surface area contributed by atoms with Gasteiger partial charge in [-0.3, -0.25) is 4.79 Å². The Labute approximate surface area is 172 Å². The second-order valence-electron chi connectivity index (χ2n) is 8.11. The molecule has 2 aliphatic rings. The number of carboxylic acid groups (broad SMARTS) is 1. The molecule has 29 heavy (non-hydrogen) atoms. The molecular weight excluding hydrogens is 370 g/mol. The van der Waals surface area contributed by atoms with E-state index in [0.717, 1.165) is 63.0 Å². The number of anilines is 1. The van der Waals surface area contributed by atoms with Gasteiger partial charge in [-0.25, -0.2) is 9.78 Å². The van der Waals surface area contributed by atoms with Gasteiger partial charge in [0, 0.05) is 18.8 Å². The molecule has 1 saturated heterocycles. The Balaban J connectivity index is 1.28. The summed E-state index contributed by atoms with van der Waals surface area (Å²) in [7, 11) is 0. The minimum Gasteiger partial charge on any atom is -0.480 e. The fraction of sp³-hybridized carbons (Fsp3) is 0.682. The first-order valence-corrected chi connectivity index (χ1v) is 11.0. The Kier molecular flexibility index (Phi) is 8.28. The summed E-state index contributed by atoms with van der Waals surface area (Å²) in [5.74, 6) is -0.296. The second kappa shape index (κ2) is 11.1. The SMILES string of the molecule is O=C(O)C(CCCCCCCc1ccc2c(n1)NCCC2)NC(=O)[C@@H]1CCOC1. The van der Waals surface area contributed by atoms with Crippen LogP contribution >= 0.6 is 0 Å². The monoisotopic (exact) mass is 403 g/mol. The maximum absolute atomic E-state index is 12.1. The minimum atomic E-state index is -0.954. The third-order valence-electron chi connectivity index (χ3n) is 5.79. The maximum Gasteiger partial charge on any atom is 0.326 e. The molecular formula is C22H33N3O4. The number of carbonyl (C=O) groups excluding carboxylic acids is 1. The first-order chi connectivity index (χ1) is 14.1. The summed E-state index contributed by atoms with van der Waals surface area (Å²) >= 11 is 0. The number of rotatable bonds is 11. The number of fused-ring (bicyclic) bond motifs is 1. The van der Waals surface area contributed by atoms with Gasteiger partial charge >= 0.3 is 5.97 Å². The van der Waals surface area contributed by atoms with Crippen LogP contribution in [0.5, 0.6) is 0 Å². The molecule has 0 aliphatic carbocycles. The highest BCUT2D eigenvalue weighted by atomic mass is 16.5. The molecule has 3 heterocycles. The number of hydrogen-bond acceptors (Lipinski definition) is 5. The summed E-state index contributed by atoms with van der Waals surface area (Å²) < 4.78 is 5.20. The van der Waals surface area contributed by atoms with Crippen LogP contribution in [0.25, 0.3) is 0 Å². The number of aliphatic carboxylic acids is 1. The van der Waals surface area contributed by atoms with Gasteiger partial charge in [0.25, 0.3) is 0 Å². The first-order valence-electron chi connectivity index (χ1n) is 11.0. The van der Waals surface area contributed by atoms with E-state index in [9.17, 15) is 14.7 Å². The zero-order valence-corrected chi connectivity index (χ0v) is 17.1. The van der Waals surface area contributed by atoms with Crippen molar-refractivity contribution in [3.63, 3.8) is 0 Å². The summed E-state index contributed by atoms with van der Waals surface area (Å²) in [6.07, 6.45) is 9.47. The lowest BCUT2D eigenvalue weighted by Crippen LogP contribution is -2.43. The van der Waals surface area contributed by atoms with E-state index in [1.165, 1.54) is 12.0 Å². The van der Waals surface area contributed by atoms with Gasteiger partial charge in [-0.15, -0.1) is 0 Å². The maximum atomic E-state index is 12.1. The molecule has 7 nitrogen and oxygen atoms in total. The predicted molar refractivity (Wildman–Crippen MR) is 111 cm³/mol. The standard InChI is InChI=1S/C22H33N3O4/c26-21(17-12-14-29-15-17)25-19(22(27)28)9-5-3-1-2-4-8-18-11-10-16-7-6-13-23-20(16)24-18/h10-11,17,19H,1-9,12-15H2,(H,23,24)(H,25,26)(H,27,28)/t17-,19?/m1/s1. The van der Waals surface area contributed by atoms with Crippen LogP contribution in [0.3, 0.4) is 0 Å². The van der Waals surface area contributed by atoms with E-state index in [4.69, 9.17) is 9.72 Å². The van der Waals surface area contributed by atoms with Crippen molar-refractivity contribution in [3.8, 4) is 0 Å². The first kappa shape index (κ1) is 21.6. The summed E-state index contributed by atoms with van der Waals surface area (Å²) in [5, 5.41) is 15.4. The predicted octanol–water partition coefficient (Wildman–Crippen LogP) is 2.93. The van der Waals surface area contributed by atoms with E-state index < -0.39 is 12.0 Å². The molecule has 7 heteroatoms. The number of hydrogen-bond donors (Lipinski definition) is 3. The molecule has 1 aromatic heterocycles. The van der Waals surface area contributed by atoms with Crippen LogP contribution in [-0.2, 0) is 27.2 Å². The molecule has 1 unspecified atom stereocenters. The molecule has 3 N–H and O–H groups in total. The van der Waals surface area contributed by atoms with Crippen LogP contribution < -0.4 is 10.6 Å². The highest BCUT2D eigenvalue weighted by Gasteiger charge is 2.27. The number of aromatic nitrogens is 1. The quantitative estimate of drug-likeness (QED) is 0.491. The van der Waals surface area contributed by atoms with Gasteiger partial charge in [0.1, 0.15) is 11.9 Å². The number of carbonyl (C=O) groups is 2. The second-order valence-corrected chi connectivity index (χ2v) is 8.11. The Morgan fingerprint density at radius 3 is 2.86 bits per heavy atom. The van der Waals surface area contributed by atoms with Crippen molar-refractivity contribution in [3.05, 3.63) is 23.4 Å². The Morgan fingerprint density at radius 2 is 2.07 bits per heavy atom. The number of nitrogens with one attached hydrogen (secondary N) is 2. The average molecular weight is 404 g/mol. The lowest BCUT2D eigenvalue weighted by atomic mass is 10.0. The summed E-state index contributed by atoms with van der Waals surface area (Å²) in [6.45, 7) is 1.98. The van der Waals surface area contributed by atoms with Crippen molar-refractivity contribution in [1.29, 1.82) is 0 Å². The number of pyridine rings is 1. The number of aryl methyl sites for hydroxylation is 2. The van der Waals surface area contributed by atoms with E-state index in [1.54, 1.807) is 0 Å². The van der Waals surface area contributed by atoms with Crippen LogP contribution in [-0.4, -0.2) is 47.8 Å². The zero-order chi connectivity index (χ0) is 20.5. The Hall–Kier alpha value is -2.15. The third-order valence-corrected chi connectivity index (χ3v) is 5.79. The number of ether oxygens (including phenoxy) is 1. The molecule has 0 spiro atoms. The van der Waals surface area contributed by atoms with Gasteiger partial charge < -0.3 is 20.5 Å². The highest BCUT2D eigenvalue weighted by Crippen LogP contribution is 2.20. The van der Waals surface area contributed by atoms with Crippen molar-refractivity contribution in [2.75, 3.05) is 25.1 Å². The molecule has 1 fully saturated rings. The number of unbranched alkanes of at least 4 members (excludes halogenated alkanes) is 4. The fourth-order valence-electron chi connectivity index (χ4n) is 3.98. The van der Waals surface area contributed by atoms with E-state index in [1.807, 2.05) is 0 Å². The van der Waals surface area contributed by atoms with Crippen molar-refractivity contribution in [2.24, 2.45) is 5.92 Å². The summed E-state index contributed by atoms with van der Waals surface area (Å²) in [4.78, 5) is 28.2. The molecule has 1 amide bonds. The molecule has 1 aromatic rings. The van der Waals surface area contributed by atoms with Crippen LogP contribution in [0.1, 0.15) is 62.6 Å². The van der Waals surface area contributed by atoms with Crippen molar-refractivity contribution in [1.82, 2.24) is 10.3 Å². The largest absolute Gasteiger partial charge is 0.480 e. The zero-order valence-electron chi connectivity index (χ0n) is 17.1. The van der Waals surface area contributed by atoms with Crippen LogP contribution in [0.4, 0.5) is 5.82 Å². The Morgan fingerprint density at radius 1 is 1.24 bits per heavy atom. The van der Waals surface area contributed by atoms with Gasteiger partial charge in [-0.2, -0.15) is 0 Å². The summed E-state index contributed by atoms with van der Waals surface area (Å²) in [5.41, 5.74) is 2.46. The molecule has 2 atom stereocenters. The van der Waals surface area contributed by atoms with Gasteiger partial charge in [-0.1, -0.05) is 31.7 Å². The molecule has 0 bridgehead atoms. The highest BCUT2D eigenvalue weighted by molar-refractivity contribution is 5.85. The van der Waals surface area contributed by atoms with E-state index in [0.29, 0.717) is 26.1 Å². The van der Waals surface area contributed by atoms with Gasteiger partial charge in [0.2, 0.25) is 5.91 Å². The lowest BCUT2D eigenvalue weighted by Gasteiger charge is -2.17. The Bertz CT molecular complexity index is 689. The van der Waals surface area contributed by atoms with E-state index >= 15 is 0 Å². The average Bonchev–Trinajstić information content (AvgIpc) is 3.27. The number of carboxylic acids is 1. The molecule has 3 rings (SSSR count). The molecule has 0 aromatic carbocycles. The number of nitrogens with zero attached hydrogens (tertiary/aromatic N) is 1. The van der Waals surface area contributed by atoms with Gasteiger partial charge in [0.05, 0.1) is 12.5 Å². The lowest BCUT2D eigenvalue weighted by molar-refractivity contribution is -0.142. The van der Waals surface area contributed by atoms with E-state index in [-0.39, 0.29) is 11.8 Å². The minimum absolute atomic E-state index is 0.193. The van der Waals surface area contributed by atoms with Gasteiger partial charge in [-0.05, 0) is 50.2 Å². The molecule has 0 radical (unpaired) electrons. The summed E-state index contributed by atoms with van der Waals surface area (Å²) in [6, 6.07) is 3.54. The van der Waals surface area contributed by atoms with Crippen molar-refractivity contribution in [2.45, 2.75) is 70.3 Å².